The smallest absolute Gasteiger partial charge is 0.243 e. The summed E-state index contributed by atoms with van der Waals surface area (Å²) >= 11 is 0. The van der Waals surface area contributed by atoms with Crippen LogP contribution < -0.4 is 14.8 Å². The highest BCUT2D eigenvalue weighted by Crippen LogP contribution is 2.30. The van der Waals surface area contributed by atoms with Crippen LogP contribution in [0.3, 0.4) is 0 Å². The number of nitrogens with one attached hydrogen (secondary N) is 1. The van der Waals surface area contributed by atoms with Crippen molar-refractivity contribution in [2.45, 2.75) is 13.1 Å². The lowest BCUT2D eigenvalue weighted by molar-refractivity contribution is -0.122. The number of benzene rings is 2. The molecule has 0 aliphatic carbocycles. The van der Waals surface area contributed by atoms with Gasteiger partial charge in [0.25, 0.3) is 0 Å². The average molecular weight is 351 g/mol. The highest BCUT2D eigenvalue weighted by atomic mass is 16.6. The molecular formula is C18H17N5O3. The van der Waals surface area contributed by atoms with Gasteiger partial charge in [0, 0.05) is 12.1 Å². The number of hydrogen-bond donors (Lipinski definition) is 1. The van der Waals surface area contributed by atoms with Crippen LogP contribution in [0.15, 0.2) is 48.5 Å². The van der Waals surface area contributed by atoms with Crippen LogP contribution in [0.4, 0.5) is 0 Å². The third-order valence-corrected chi connectivity index (χ3v) is 3.87. The van der Waals surface area contributed by atoms with Gasteiger partial charge in [-0.3, -0.25) is 4.79 Å². The second kappa shape index (κ2) is 7.22. The number of amides is 1. The van der Waals surface area contributed by atoms with E-state index in [-0.39, 0.29) is 12.5 Å². The zero-order valence-electron chi connectivity index (χ0n) is 14.0. The van der Waals surface area contributed by atoms with Gasteiger partial charge in [-0.2, -0.15) is 4.80 Å². The summed E-state index contributed by atoms with van der Waals surface area (Å²) in [5, 5.41) is 15.0. The molecule has 0 spiro atoms. The van der Waals surface area contributed by atoms with E-state index in [0.29, 0.717) is 31.3 Å². The summed E-state index contributed by atoms with van der Waals surface area (Å²) in [6, 6.07) is 15.1. The molecule has 0 atom stereocenters. The Labute approximate surface area is 149 Å². The molecule has 1 amide bonds. The Kier molecular flexibility index (Phi) is 4.46. The average Bonchev–Trinajstić information content (AvgIpc) is 3.15. The molecule has 132 valence electrons. The van der Waals surface area contributed by atoms with Crippen molar-refractivity contribution in [2.75, 3.05) is 13.2 Å². The van der Waals surface area contributed by atoms with E-state index >= 15 is 0 Å². The number of ether oxygens (including phenoxy) is 2. The molecule has 3 aromatic rings. The molecule has 0 unspecified atom stereocenters. The van der Waals surface area contributed by atoms with E-state index in [1.54, 1.807) is 0 Å². The van der Waals surface area contributed by atoms with Gasteiger partial charge in [0.2, 0.25) is 11.7 Å². The van der Waals surface area contributed by atoms with Crippen molar-refractivity contribution >= 4 is 5.91 Å². The summed E-state index contributed by atoms with van der Waals surface area (Å²) in [5.41, 5.74) is 1.79. The van der Waals surface area contributed by atoms with Crippen LogP contribution >= 0.6 is 0 Å². The predicted molar refractivity (Wildman–Crippen MR) is 92.5 cm³/mol. The molecule has 8 heteroatoms. The van der Waals surface area contributed by atoms with Crippen LogP contribution in [0, 0.1) is 0 Å². The molecule has 2 aromatic carbocycles. The first-order chi connectivity index (χ1) is 12.8. The van der Waals surface area contributed by atoms with Crippen LogP contribution in [0.5, 0.6) is 11.5 Å². The van der Waals surface area contributed by atoms with Gasteiger partial charge in [0.1, 0.15) is 19.8 Å². The quantitative estimate of drug-likeness (QED) is 0.748. The lowest BCUT2D eigenvalue weighted by Crippen LogP contribution is -2.28. The number of rotatable bonds is 5. The number of fused-ring (bicyclic) bond motifs is 1. The fourth-order valence-electron chi connectivity index (χ4n) is 2.60. The Morgan fingerprint density at radius 3 is 2.73 bits per heavy atom. The number of carbonyl (C=O) groups excluding carboxylic acids is 1. The van der Waals surface area contributed by atoms with E-state index < -0.39 is 0 Å². The number of hydrogen-bond acceptors (Lipinski definition) is 6. The lowest BCUT2D eigenvalue weighted by Gasteiger charge is -2.18. The Balaban J connectivity index is 1.34. The summed E-state index contributed by atoms with van der Waals surface area (Å²) in [5.74, 6) is 1.72. The fraction of sp³-hybridized carbons (Fsp3) is 0.222. The molecule has 1 aliphatic heterocycles. The molecule has 0 saturated heterocycles. The largest absolute Gasteiger partial charge is 0.486 e. The van der Waals surface area contributed by atoms with Crippen molar-refractivity contribution in [3.63, 3.8) is 0 Å². The van der Waals surface area contributed by atoms with Gasteiger partial charge in [0.15, 0.2) is 11.5 Å². The van der Waals surface area contributed by atoms with Crippen molar-refractivity contribution in [3.05, 3.63) is 54.1 Å². The summed E-state index contributed by atoms with van der Waals surface area (Å²) in [6.45, 7) is 1.48. The summed E-state index contributed by atoms with van der Waals surface area (Å²) in [6.07, 6.45) is 0. The van der Waals surface area contributed by atoms with Gasteiger partial charge in [-0.05, 0) is 22.9 Å². The summed E-state index contributed by atoms with van der Waals surface area (Å²) in [7, 11) is 0. The molecule has 26 heavy (non-hydrogen) atoms. The van der Waals surface area contributed by atoms with Crippen LogP contribution in [-0.2, 0) is 17.9 Å². The van der Waals surface area contributed by atoms with Crippen molar-refractivity contribution in [1.82, 2.24) is 25.5 Å². The number of carbonyl (C=O) groups is 1. The zero-order valence-corrected chi connectivity index (χ0v) is 14.0. The zero-order chi connectivity index (χ0) is 17.8. The van der Waals surface area contributed by atoms with E-state index in [0.717, 1.165) is 16.9 Å². The molecule has 8 nitrogen and oxygen atoms in total. The summed E-state index contributed by atoms with van der Waals surface area (Å²) < 4.78 is 11.0. The molecule has 1 aromatic heterocycles. The summed E-state index contributed by atoms with van der Waals surface area (Å²) in [4.78, 5) is 13.4. The van der Waals surface area contributed by atoms with E-state index in [9.17, 15) is 4.79 Å². The SMILES string of the molecule is O=C(Cn1nnc(-c2ccccc2)n1)NCc1ccc2c(c1)OCCO2. The third kappa shape index (κ3) is 3.64. The molecule has 1 aliphatic rings. The molecular weight excluding hydrogens is 334 g/mol. The Bertz CT molecular complexity index is 910. The maximum Gasteiger partial charge on any atom is 0.243 e. The van der Waals surface area contributed by atoms with Crippen LogP contribution in [0.25, 0.3) is 11.4 Å². The van der Waals surface area contributed by atoms with E-state index in [4.69, 9.17) is 9.47 Å². The number of aromatic nitrogens is 4. The van der Waals surface area contributed by atoms with Gasteiger partial charge < -0.3 is 14.8 Å². The second-order valence-corrected chi connectivity index (χ2v) is 5.76. The van der Waals surface area contributed by atoms with Gasteiger partial charge >= 0.3 is 0 Å². The molecule has 2 heterocycles. The molecule has 1 N–H and O–H groups in total. The van der Waals surface area contributed by atoms with Crippen LogP contribution in [0.2, 0.25) is 0 Å². The van der Waals surface area contributed by atoms with Gasteiger partial charge in [0.05, 0.1) is 0 Å². The van der Waals surface area contributed by atoms with Crippen molar-refractivity contribution in [1.29, 1.82) is 0 Å². The minimum atomic E-state index is -0.197. The van der Waals surface area contributed by atoms with Crippen LogP contribution in [-0.4, -0.2) is 39.3 Å². The maximum absolute atomic E-state index is 12.1. The fourth-order valence-corrected chi connectivity index (χ4v) is 2.60. The van der Waals surface area contributed by atoms with E-state index in [1.807, 2.05) is 48.5 Å². The van der Waals surface area contributed by atoms with Gasteiger partial charge in [-0.15, -0.1) is 10.2 Å². The Morgan fingerprint density at radius 1 is 1.08 bits per heavy atom. The van der Waals surface area contributed by atoms with Gasteiger partial charge in [-0.25, -0.2) is 0 Å². The van der Waals surface area contributed by atoms with E-state index in [2.05, 4.69) is 20.7 Å². The molecule has 0 radical (unpaired) electrons. The first-order valence-electron chi connectivity index (χ1n) is 8.26. The normalized spacial score (nSPS) is 12.6. The molecule has 0 saturated carbocycles. The topological polar surface area (TPSA) is 91.2 Å². The van der Waals surface area contributed by atoms with Crippen molar-refractivity contribution < 1.29 is 14.3 Å². The first kappa shape index (κ1) is 16.1. The van der Waals surface area contributed by atoms with E-state index in [1.165, 1.54) is 4.80 Å². The second-order valence-electron chi connectivity index (χ2n) is 5.76. The minimum absolute atomic E-state index is 0.00435. The third-order valence-electron chi connectivity index (χ3n) is 3.87. The number of nitrogens with zero attached hydrogens (tertiary/aromatic N) is 4. The molecule has 0 fully saturated rings. The standard InChI is InChI=1S/C18H17N5O3/c24-17(12-23-21-18(20-22-23)14-4-2-1-3-5-14)19-11-13-6-7-15-16(10-13)26-9-8-25-15/h1-7,10H,8-9,11-12H2,(H,19,24). The Morgan fingerprint density at radius 2 is 1.88 bits per heavy atom. The van der Waals surface area contributed by atoms with Crippen molar-refractivity contribution in [3.8, 4) is 22.9 Å². The predicted octanol–water partition coefficient (Wildman–Crippen LogP) is 1.43. The molecule has 4 rings (SSSR count). The Hall–Kier alpha value is -3.42. The highest BCUT2D eigenvalue weighted by molar-refractivity contribution is 5.75. The minimum Gasteiger partial charge on any atom is -0.486 e. The highest BCUT2D eigenvalue weighted by Gasteiger charge is 2.13. The van der Waals surface area contributed by atoms with Crippen molar-refractivity contribution in [2.24, 2.45) is 0 Å². The monoisotopic (exact) mass is 351 g/mol. The maximum atomic E-state index is 12.1. The van der Waals surface area contributed by atoms with Crippen LogP contribution in [0.1, 0.15) is 5.56 Å². The number of tetrazole rings is 1. The first-order valence-corrected chi connectivity index (χ1v) is 8.26. The van der Waals surface area contributed by atoms with Gasteiger partial charge in [-0.1, -0.05) is 36.4 Å². The lowest BCUT2D eigenvalue weighted by atomic mass is 10.2. The molecule has 0 bridgehead atoms.